The van der Waals surface area contributed by atoms with Crippen molar-refractivity contribution in [2.75, 3.05) is 18.1 Å². The molecule has 1 N–H and O–H groups in total. The zero-order valence-electron chi connectivity index (χ0n) is 9.50. The summed E-state index contributed by atoms with van der Waals surface area (Å²) in [6, 6.07) is 4.84. The molecule has 1 aromatic heterocycles. The van der Waals surface area contributed by atoms with Gasteiger partial charge >= 0.3 is 0 Å². The van der Waals surface area contributed by atoms with E-state index in [1.807, 2.05) is 11.8 Å². The van der Waals surface area contributed by atoms with Gasteiger partial charge in [0.15, 0.2) is 5.58 Å². The molecular formula is C12H13FN2OS. The minimum atomic E-state index is -0.292. The second-order valence-corrected chi connectivity index (χ2v) is 5.65. The van der Waals surface area contributed by atoms with E-state index in [0.29, 0.717) is 21.9 Å². The number of nitrogens with one attached hydrogen (secondary N) is 1. The SMILES string of the molecule is CSC1(CNc2nc3cc(F)ccc3o2)CC1. The number of nitrogens with zero attached hydrogens (tertiary/aromatic N) is 1. The van der Waals surface area contributed by atoms with E-state index in [-0.39, 0.29) is 5.82 Å². The minimum Gasteiger partial charge on any atom is -0.424 e. The van der Waals surface area contributed by atoms with Gasteiger partial charge in [0.1, 0.15) is 11.3 Å². The predicted octanol–water partition coefficient (Wildman–Crippen LogP) is 3.27. The van der Waals surface area contributed by atoms with Crippen LogP contribution in [0.1, 0.15) is 12.8 Å². The average Bonchev–Trinajstić information content (AvgIpc) is 3.00. The molecule has 1 heterocycles. The fourth-order valence-electron chi connectivity index (χ4n) is 1.81. The molecule has 0 amide bonds. The third-order valence-corrected chi connectivity index (χ3v) is 4.57. The number of hydrogen-bond donors (Lipinski definition) is 1. The number of thioether (sulfide) groups is 1. The second-order valence-electron chi connectivity index (χ2n) is 4.37. The molecule has 3 nitrogen and oxygen atoms in total. The fraction of sp³-hybridized carbons (Fsp3) is 0.417. The number of anilines is 1. The Morgan fingerprint density at radius 2 is 2.35 bits per heavy atom. The standard InChI is InChI=1S/C12H13FN2OS/c1-17-12(4-5-12)7-14-11-15-9-6-8(13)2-3-10(9)16-11/h2-3,6H,4-5,7H2,1H3,(H,14,15). The normalized spacial score (nSPS) is 17.3. The van der Waals surface area contributed by atoms with Crippen molar-refractivity contribution < 1.29 is 8.81 Å². The Kier molecular flexibility index (Phi) is 2.50. The summed E-state index contributed by atoms with van der Waals surface area (Å²) in [5.41, 5.74) is 1.17. The first kappa shape index (κ1) is 10.9. The van der Waals surface area contributed by atoms with Crippen molar-refractivity contribution in [3.63, 3.8) is 0 Å². The number of benzene rings is 1. The van der Waals surface area contributed by atoms with E-state index in [0.717, 1.165) is 6.54 Å². The van der Waals surface area contributed by atoms with Crippen molar-refractivity contribution in [3.8, 4) is 0 Å². The highest BCUT2D eigenvalue weighted by molar-refractivity contribution is 8.00. The second kappa shape index (κ2) is 3.91. The summed E-state index contributed by atoms with van der Waals surface area (Å²) < 4.78 is 18.8. The van der Waals surface area contributed by atoms with Gasteiger partial charge in [-0.15, -0.1) is 0 Å². The van der Waals surface area contributed by atoms with Gasteiger partial charge in [0, 0.05) is 17.4 Å². The van der Waals surface area contributed by atoms with Crippen molar-refractivity contribution in [1.82, 2.24) is 4.98 Å². The van der Waals surface area contributed by atoms with Crippen molar-refractivity contribution in [3.05, 3.63) is 24.0 Å². The molecule has 1 saturated carbocycles. The molecule has 1 aromatic carbocycles. The first-order valence-electron chi connectivity index (χ1n) is 5.56. The molecule has 90 valence electrons. The van der Waals surface area contributed by atoms with Gasteiger partial charge < -0.3 is 9.73 Å². The molecule has 17 heavy (non-hydrogen) atoms. The number of halogens is 1. The Balaban J connectivity index is 1.77. The Morgan fingerprint density at radius 3 is 3.06 bits per heavy atom. The monoisotopic (exact) mass is 252 g/mol. The summed E-state index contributed by atoms with van der Waals surface area (Å²) in [4.78, 5) is 4.21. The van der Waals surface area contributed by atoms with Gasteiger partial charge in [0.2, 0.25) is 0 Å². The highest BCUT2D eigenvalue weighted by Gasteiger charge is 2.41. The van der Waals surface area contributed by atoms with Crippen LogP contribution in [0.4, 0.5) is 10.4 Å². The highest BCUT2D eigenvalue weighted by atomic mass is 32.2. The average molecular weight is 252 g/mol. The fourth-order valence-corrected chi connectivity index (χ4v) is 2.53. The Morgan fingerprint density at radius 1 is 1.53 bits per heavy atom. The molecule has 5 heteroatoms. The van der Waals surface area contributed by atoms with Crippen molar-refractivity contribution in [2.45, 2.75) is 17.6 Å². The van der Waals surface area contributed by atoms with Crippen LogP contribution in [0.5, 0.6) is 0 Å². The summed E-state index contributed by atoms with van der Waals surface area (Å²) in [7, 11) is 0. The Labute approximate surface area is 103 Å². The lowest BCUT2D eigenvalue weighted by atomic mass is 10.3. The van der Waals surface area contributed by atoms with Crippen LogP contribution < -0.4 is 5.32 Å². The zero-order chi connectivity index (χ0) is 11.9. The predicted molar refractivity (Wildman–Crippen MR) is 67.9 cm³/mol. The number of rotatable bonds is 4. The zero-order valence-corrected chi connectivity index (χ0v) is 10.3. The summed E-state index contributed by atoms with van der Waals surface area (Å²) >= 11 is 1.87. The van der Waals surface area contributed by atoms with Gasteiger partial charge in [-0.3, -0.25) is 0 Å². The quantitative estimate of drug-likeness (QED) is 0.906. The van der Waals surface area contributed by atoms with E-state index >= 15 is 0 Å². The van der Waals surface area contributed by atoms with Crippen LogP contribution in [0.25, 0.3) is 11.1 Å². The largest absolute Gasteiger partial charge is 0.424 e. The van der Waals surface area contributed by atoms with Crippen LogP contribution in [0.3, 0.4) is 0 Å². The van der Waals surface area contributed by atoms with E-state index in [4.69, 9.17) is 4.42 Å². The van der Waals surface area contributed by atoms with Crippen LogP contribution >= 0.6 is 11.8 Å². The number of fused-ring (bicyclic) bond motifs is 1. The van der Waals surface area contributed by atoms with E-state index in [1.54, 1.807) is 6.07 Å². The molecule has 0 aliphatic heterocycles. The van der Waals surface area contributed by atoms with Crippen molar-refractivity contribution >= 4 is 28.9 Å². The van der Waals surface area contributed by atoms with Gasteiger partial charge in [-0.2, -0.15) is 16.7 Å². The van der Waals surface area contributed by atoms with Crippen LogP contribution in [0, 0.1) is 5.82 Å². The van der Waals surface area contributed by atoms with E-state index in [9.17, 15) is 4.39 Å². The highest BCUT2D eigenvalue weighted by Crippen LogP contribution is 2.47. The third-order valence-electron chi connectivity index (χ3n) is 3.15. The number of hydrogen-bond acceptors (Lipinski definition) is 4. The third kappa shape index (κ3) is 2.11. The maximum atomic E-state index is 13.0. The van der Waals surface area contributed by atoms with Crippen molar-refractivity contribution in [2.24, 2.45) is 0 Å². The van der Waals surface area contributed by atoms with Crippen molar-refractivity contribution in [1.29, 1.82) is 0 Å². The molecule has 0 bridgehead atoms. The molecular weight excluding hydrogens is 239 g/mol. The summed E-state index contributed by atoms with van der Waals surface area (Å²) in [6.45, 7) is 0.851. The molecule has 1 aliphatic rings. The first-order valence-corrected chi connectivity index (χ1v) is 6.78. The summed E-state index contributed by atoms with van der Waals surface area (Å²) in [5, 5.41) is 3.19. The maximum absolute atomic E-state index is 13.0. The molecule has 0 saturated heterocycles. The first-order chi connectivity index (χ1) is 8.21. The van der Waals surface area contributed by atoms with E-state index < -0.39 is 0 Å². The molecule has 0 radical (unpaired) electrons. The lowest BCUT2D eigenvalue weighted by Gasteiger charge is -2.10. The molecule has 1 fully saturated rings. The molecule has 0 unspecified atom stereocenters. The van der Waals surface area contributed by atoms with Crippen LogP contribution in [0.2, 0.25) is 0 Å². The topological polar surface area (TPSA) is 38.1 Å². The molecule has 0 spiro atoms. The van der Waals surface area contributed by atoms with Gasteiger partial charge in [-0.05, 0) is 31.2 Å². The van der Waals surface area contributed by atoms with Crippen LogP contribution in [-0.4, -0.2) is 22.5 Å². The molecule has 3 rings (SSSR count). The van der Waals surface area contributed by atoms with Gasteiger partial charge in [0.25, 0.3) is 6.01 Å². The van der Waals surface area contributed by atoms with Crippen LogP contribution in [0.15, 0.2) is 22.6 Å². The molecule has 2 aromatic rings. The lowest BCUT2D eigenvalue weighted by molar-refractivity contribution is 0.609. The maximum Gasteiger partial charge on any atom is 0.295 e. The number of oxazole rings is 1. The summed E-state index contributed by atoms with van der Waals surface area (Å²) in [5.74, 6) is -0.292. The summed E-state index contributed by atoms with van der Waals surface area (Å²) in [6.07, 6.45) is 4.59. The van der Waals surface area contributed by atoms with E-state index in [2.05, 4.69) is 16.6 Å². The van der Waals surface area contributed by atoms with Crippen LogP contribution in [-0.2, 0) is 0 Å². The van der Waals surface area contributed by atoms with Gasteiger partial charge in [-0.1, -0.05) is 0 Å². The minimum absolute atomic E-state index is 0.292. The molecule has 1 aliphatic carbocycles. The lowest BCUT2D eigenvalue weighted by Crippen LogP contribution is -2.17. The number of aromatic nitrogens is 1. The molecule has 0 atom stereocenters. The van der Waals surface area contributed by atoms with Gasteiger partial charge in [0.05, 0.1) is 0 Å². The van der Waals surface area contributed by atoms with E-state index in [1.165, 1.54) is 25.0 Å². The smallest absolute Gasteiger partial charge is 0.295 e. The van der Waals surface area contributed by atoms with Gasteiger partial charge in [-0.25, -0.2) is 4.39 Å². The Hall–Kier alpha value is -1.23. The Bertz CT molecular complexity index is 550.